The van der Waals surface area contributed by atoms with Gasteiger partial charge in [0.1, 0.15) is 5.75 Å². The molecule has 2 aromatic rings. The van der Waals surface area contributed by atoms with E-state index >= 15 is 0 Å². The standard InChI is InChI=1S/C15H10F6O/c16-13(11-7-3-1-4-8-11,14(17,18)15(19,20)21)22-12-9-5-2-6-10-12/h1-10H. The van der Waals surface area contributed by atoms with E-state index in [1.54, 1.807) is 0 Å². The van der Waals surface area contributed by atoms with Gasteiger partial charge >= 0.3 is 18.0 Å². The van der Waals surface area contributed by atoms with Crippen molar-refractivity contribution in [1.82, 2.24) is 0 Å². The van der Waals surface area contributed by atoms with Crippen molar-refractivity contribution in [3.05, 3.63) is 66.2 Å². The summed E-state index contributed by atoms with van der Waals surface area (Å²) in [6.07, 6.45) is -6.12. The number of benzene rings is 2. The molecule has 0 fully saturated rings. The quantitative estimate of drug-likeness (QED) is 0.713. The molecule has 22 heavy (non-hydrogen) atoms. The van der Waals surface area contributed by atoms with Gasteiger partial charge in [0.25, 0.3) is 0 Å². The largest absolute Gasteiger partial charge is 0.461 e. The molecule has 1 unspecified atom stereocenters. The fraction of sp³-hybridized carbons (Fsp3) is 0.200. The maximum absolute atomic E-state index is 14.8. The number of alkyl halides is 6. The number of ether oxygens (including phenoxy) is 1. The smallest absolute Gasteiger partial charge is 0.449 e. The molecule has 0 aromatic heterocycles. The highest BCUT2D eigenvalue weighted by atomic mass is 19.4. The van der Waals surface area contributed by atoms with Crippen LogP contribution in [-0.4, -0.2) is 12.1 Å². The van der Waals surface area contributed by atoms with Gasteiger partial charge in [-0.2, -0.15) is 26.3 Å². The van der Waals surface area contributed by atoms with Crippen molar-refractivity contribution in [2.45, 2.75) is 18.0 Å². The highest BCUT2D eigenvalue weighted by molar-refractivity contribution is 5.28. The lowest BCUT2D eigenvalue weighted by Crippen LogP contribution is -2.55. The van der Waals surface area contributed by atoms with E-state index in [-0.39, 0.29) is 0 Å². The van der Waals surface area contributed by atoms with Crippen LogP contribution in [0.4, 0.5) is 26.3 Å². The Balaban J connectivity index is 2.55. The summed E-state index contributed by atoms with van der Waals surface area (Å²) in [4.78, 5) is 0. The summed E-state index contributed by atoms with van der Waals surface area (Å²) in [6, 6.07) is 11.6. The molecule has 0 aliphatic carbocycles. The van der Waals surface area contributed by atoms with Crippen LogP contribution in [0.15, 0.2) is 60.7 Å². The van der Waals surface area contributed by atoms with Crippen molar-refractivity contribution in [3.63, 3.8) is 0 Å². The first-order chi connectivity index (χ1) is 10.2. The fourth-order valence-corrected chi connectivity index (χ4v) is 1.79. The summed E-state index contributed by atoms with van der Waals surface area (Å²) < 4.78 is 84.6. The molecule has 0 amide bonds. The monoisotopic (exact) mass is 320 g/mol. The summed E-state index contributed by atoms with van der Waals surface area (Å²) in [6.45, 7) is 0. The highest BCUT2D eigenvalue weighted by Gasteiger charge is 2.74. The van der Waals surface area contributed by atoms with Gasteiger partial charge in [-0.05, 0) is 12.1 Å². The number of para-hydroxylation sites is 1. The van der Waals surface area contributed by atoms with E-state index in [1.165, 1.54) is 24.3 Å². The van der Waals surface area contributed by atoms with Gasteiger partial charge in [0.05, 0.1) is 0 Å². The third kappa shape index (κ3) is 2.75. The zero-order chi connectivity index (χ0) is 16.4. The van der Waals surface area contributed by atoms with Crippen LogP contribution in [0.2, 0.25) is 0 Å². The number of hydrogen-bond donors (Lipinski definition) is 0. The molecule has 0 radical (unpaired) electrons. The molecule has 0 aliphatic heterocycles. The van der Waals surface area contributed by atoms with E-state index in [9.17, 15) is 26.3 Å². The van der Waals surface area contributed by atoms with Crippen molar-refractivity contribution in [2.75, 3.05) is 0 Å². The maximum Gasteiger partial charge on any atom is 0.461 e. The van der Waals surface area contributed by atoms with Crippen LogP contribution >= 0.6 is 0 Å². The molecule has 2 rings (SSSR count). The van der Waals surface area contributed by atoms with Gasteiger partial charge in [0.15, 0.2) is 0 Å². The van der Waals surface area contributed by atoms with Crippen LogP contribution in [0.5, 0.6) is 5.75 Å². The minimum atomic E-state index is -6.12. The van der Waals surface area contributed by atoms with E-state index < -0.39 is 29.3 Å². The molecule has 0 aliphatic rings. The van der Waals surface area contributed by atoms with E-state index in [2.05, 4.69) is 4.74 Å². The fourth-order valence-electron chi connectivity index (χ4n) is 1.79. The van der Waals surface area contributed by atoms with Gasteiger partial charge in [0, 0.05) is 5.56 Å². The predicted octanol–water partition coefficient (Wildman–Crippen LogP) is 5.09. The molecule has 1 atom stereocenters. The third-order valence-electron chi connectivity index (χ3n) is 2.91. The Kier molecular flexibility index (Phi) is 4.08. The molecule has 2 aromatic carbocycles. The minimum Gasteiger partial charge on any atom is -0.449 e. The van der Waals surface area contributed by atoms with Gasteiger partial charge in [-0.25, -0.2) is 0 Å². The van der Waals surface area contributed by atoms with Crippen LogP contribution in [-0.2, 0) is 5.85 Å². The highest BCUT2D eigenvalue weighted by Crippen LogP contribution is 2.51. The van der Waals surface area contributed by atoms with Crippen molar-refractivity contribution in [3.8, 4) is 5.75 Å². The summed E-state index contributed by atoms with van der Waals surface area (Å²) in [5.41, 5.74) is -0.929. The van der Waals surface area contributed by atoms with Crippen LogP contribution in [0.1, 0.15) is 5.56 Å². The first kappa shape index (κ1) is 16.2. The van der Waals surface area contributed by atoms with Gasteiger partial charge in [0.2, 0.25) is 0 Å². The Hall–Kier alpha value is -2.18. The lowest BCUT2D eigenvalue weighted by atomic mass is 10.00. The van der Waals surface area contributed by atoms with E-state index in [0.29, 0.717) is 0 Å². The van der Waals surface area contributed by atoms with Gasteiger partial charge in [-0.1, -0.05) is 48.5 Å². The van der Waals surface area contributed by atoms with Gasteiger partial charge in [-0.15, -0.1) is 0 Å². The van der Waals surface area contributed by atoms with E-state index in [1.807, 2.05) is 0 Å². The zero-order valence-electron chi connectivity index (χ0n) is 10.9. The number of rotatable bonds is 4. The third-order valence-corrected chi connectivity index (χ3v) is 2.91. The van der Waals surface area contributed by atoms with E-state index in [0.717, 1.165) is 36.4 Å². The molecule has 118 valence electrons. The van der Waals surface area contributed by atoms with Crippen LogP contribution in [0.3, 0.4) is 0 Å². The summed E-state index contributed by atoms with van der Waals surface area (Å²) in [5, 5.41) is 0. The zero-order valence-corrected chi connectivity index (χ0v) is 10.9. The SMILES string of the molecule is FC(F)(F)C(F)(F)C(F)(Oc1ccccc1)c1ccccc1. The minimum absolute atomic E-state index is 0.447. The number of hydrogen-bond acceptors (Lipinski definition) is 1. The van der Waals surface area contributed by atoms with Gasteiger partial charge in [-0.3, -0.25) is 0 Å². The summed E-state index contributed by atoms with van der Waals surface area (Å²) in [5.74, 6) is -10.6. The summed E-state index contributed by atoms with van der Waals surface area (Å²) >= 11 is 0. The molecule has 0 heterocycles. The normalized spacial score (nSPS) is 15.2. The maximum atomic E-state index is 14.8. The average Bonchev–Trinajstić information content (AvgIpc) is 2.48. The number of halogens is 6. The second-order valence-electron chi connectivity index (χ2n) is 4.45. The molecule has 0 saturated carbocycles. The first-order valence-electron chi connectivity index (χ1n) is 6.11. The molecule has 1 nitrogen and oxygen atoms in total. The Morgan fingerprint density at radius 1 is 0.636 bits per heavy atom. The van der Waals surface area contributed by atoms with Crippen LogP contribution in [0, 0.1) is 0 Å². The first-order valence-corrected chi connectivity index (χ1v) is 6.11. The second-order valence-corrected chi connectivity index (χ2v) is 4.45. The van der Waals surface area contributed by atoms with Crippen molar-refractivity contribution in [1.29, 1.82) is 0 Å². The summed E-state index contributed by atoms with van der Waals surface area (Å²) in [7, 11) is 0. The molecule has 0 spiro atoms. The molecule has 7 heteroatoms. The van der Waals surface area contributed by atoms with Crippen molar-refractivity contribution >= 4 is 0 Å². The lowest BCUT2D eigenvalue weighted by molar-refractivity contribution is -0.371. The second kappa shape index (κ2) is 5.55. The van der Waals surface area contributed by atoms with E-state index in [4.69, 9.17) is 0 Å². The molecule has 0 bridgehead atoms. The Bertz CT molecular complexity index is 611. The molecule has 0 saturated heterocycles. The van der Waals surface area contributed by atoms with Gasteiger partial charge < -0.3 is 4.74 Å². The predicted molar refractivity (Wildman–Crippen MR) is 67.3 cm³/mol. The lowest BCUT2D eigenvalue weighted by Gasteiger charge is -2.34. The average molecular weight is 320 g/mol. The Morgan fingerprint density at radius 2 is 1.09 bits per heavy atom. The molecular weight excluding hydrogens is 310 g/mol. The van der Waals surface area contributed by atoms with Crippen LogP contribution in [0.25, 0.3) is 0 Å². The Morgan fingerprint density at radius 3 is 1.55 bits per heavy atom. The topological polar surface area (TPSA) is 9.23 Å². The Labute approximate surface area is 122 Å². The van der Waals surface area contributed by atoms with Crippen molar-refractivity contribution < 1.29 is 31.1 Å². The molecule has 0 N–H and O–H groups in total. The van der Waals surface area contributed by atoms with Crippen molar-refractivity contribution in [2.24, 2.45) is 0 Å². The van der Waals surface area contributed by atoms with Crippen LogP contribution < -0.4 is 4.74 Å². The molecular formula is C15H10F6O.